The van der Waals surface area contributed by atoms with E-state index in [1.807, 2.05) is 85.8 Å². The van der Waals surface area contributed by atoms with E-state index in [2.05, 4.69) is 5.32 Å². The Morgan fingerprint density at radius 1 is 0.893 bits per heavy atom. The van der Waals surface area contributed by atoms with Gasteiger partial charge in [0.05, 0.1) is 19.6 Å². The molecule has 0 aromatic heterocycles. The maximum atomic E-state index is 12.4. The second-order valence-electron chi connectivity index (χ2n) is 6.64. The van der Waals surface area contributed by atoms with Crippen LogP contribution in [0, 0.1) is 0 Å². The van der Waals surface area contributed by atoms with Crippen LogP contribution in [0.2, 0.25) is 0 Å². The molecule has 0 heterocycles. The maximum absolute atomic E-state index is 12.4. The third-order valence-corrected chi connectivity index (χ3v) is 4.51. The predicted molar refractivity (Wildman–Crippen MR) is 110 cm³/mol. The molecule has 0 spiro atoms. The minimum absolute atomic E-state index is 0.0311. The smallest absolute Gasteiger partial charge is 0.224 e. The molecule has 0 fully saturated rings. The first kappa shape index (κ1) is 19.5. The lowest BCUT2D eigenvalue weighted by Gasteiger charge is -2.15. The molecule has 0 saturated heterocycles. The summed E-state index contributed by atoms with van der Waals surface area (Å²) < 4.78 is 11.3. The lowest BCUT2D eigenvalue weighted by molar-refractivity contribution is -0.121. The Kier molecular flexibility index (Phi) is 6.68. The van der Waals surface area contributed by atoms with Crippen molar-refractivity contribution in [3.8, 4) is 11.5 Å². The Balaban J connectivity index is 1.60. The molecule has 1 N–H and O–H groups in total. The summed E-state index contributed by atoms with van der Waals surface area (Å²) in [5.74, 6) is 1.25. The molecule has 0 aliphatic carbocycles. The summed E-state index contributed by atoms with van der Waals surface area (Å²) in [6, 6.07) is 25.4. The summed E-state index contributed by atoms with van der Waals surface area (Å²) in [5, 5.41) is 3.03. The Labute approximate surface area is 166 Å². The van der Waals surface area contributed by atoms with Crippen LogP contribution in [0.25, 0.3) is 0 Å². The van der Waals surface area contributed by atoms with Crippen LogP contribution in [-0.4, -0.2) is 13.0 Å². The molecule has 0 bridgehead atoms. The third kappa shape index (κ3) is 5.36. The molecular formula is C24H25NO3. The number of amides is 1. The van der Waals surface area contributed by atoms with E-state index in [-0.39, 0.29) is 18.4 Å². The maximum Gasteiger partial charge on any atom is 0.224 e. The van der Waals surface area contributed by atoms with Gasteiger partial charge in [0.25, 0.3) is 0 Å². The van der Waals surface area contributed by atoms with E-state index in [0.717, 1.165) is 16.7 Å². The van der Waals surface area contributed by atoms with Crippen molar-refractivity contribution in [2.75, 3.05) is 7.11 Å². The van der Waals surface area contributed by atoms with Crippen LogP contribution in [-0.2, 0) is 17.8 Å². The number of benzene rings is 3. The fourth-order valence-electron chi connectivity index (χ4n) is 2.98. The molecule has 1 amide bonds. The standard InChI is InChI=1S/C24H25NO3/c1-18(21-11-7-4-8-12-21)25-24(26)16-20-13-14-22(23(15-20)27-2)28-17-19-9-5-3-6-10-19/h3-15,18H,16-17H2,1-2H3,(H,25,26). The molecule has 144 valence electrons. The van der Waals surface area contributed by atoms with E-state index in [9.17, 15) is 4.79 Å². The van der Waals surface area contributed by atoms with Crippen molar-refractivity contribution >= 4 is 5.91 Å². The average molecular weight is 375 g/mol. The van der Waals surface area contributed by atoms with Crippen molar-refractivity contribution < 1.29 is 14.3 Å². The Morgan fingerprint density at radius 2 is 1.57 bits per heavy atom. The van der Waals surface area contributed by atoms with Crippen LogP contribution in [0.4, 0.5) is 0 Å². The van der Waals surface area contributed by atoms with E-state index in [4.69, 9.17) is 9.47 Å². The molecular weight excluding hydrogens is 350 g/mol. The Hall–Kier alpha value is -3.27. The summed E-state index contributed by atoms with van der Waals surface area (Å²) >= 11 is 0. The van der Waals surface area contributed by atoms with Gasteiger partial charge < -0.3 is 14.8 Å². The van der Waals surface area contributed by atoms with Crippen molar-refractivity contribution in [3.63, 3.8) is 0 Å². The molecule has 0 saturated carbocycles. The second-order valence-corrected chi connectivity index (χ2v) is 6.64. The number of carbonyl (C=O) groups excluding carboxylic acids is 1. The van der Waals surface area contributed by atoms with Crippen molar-refractivity contribution in [1.29, 1.82) is 0 Å². The molecule has 0 radical (unpaired) electrons. The summed E-state index contributed by atoms with van der Waals surface area (Å²) in [4.78, 5) is 12.4. The van der Waals surface area contributed by atoms with Gasteiger partial charge in [-0.25, -0.2) is 0 Å². The van der Waals surface area contributed by atoms with Gasteiger partial charge in [0.15, 0.2) is 11.5 Å². The Bertz CT molecular complexity index is 894. The molecule has 3 aromatic carbocycles. The number of nitrogens with one attached hydrogen (secondary N) is 1. The highest BCUT2D eigenvalue weighted by atomic mass is 16.5. The number of carbonyl (C=O) groups is 1. The first-order valence-electron chi connectivity index (χ1n) is 9.33. The molecule has 3 rings (SSSR count). The SMILES string of the molecule is COc1cc(CC(=O)NC(C)c2ccccc2)ccc1OCc1ccccc1. The van der Waals surface area contributed by atoms with Gasteiger partial charge in [-0.2, -0.15) is 0 Å². The van der Waals surface area contributed by atoms with Crippen molar-refractivity contribution in [3.05, 3.63) is 95.6 Å². The zero-order valence-electron chi connectivity index (χ0n) is 16.2. The van der Waals surface area contributed by atoms with Gasteiger partial charge in [0, 0.05) is 0 Å². The quantitative estimate of drug-likeness (QED) is 0.621. The van der Waals surface area contributed by atoms with E-state index >= 15 is 0 Å². The average Bonchev–Trinajstić information content (AvgIpc) is 2.74. The Morgan fingerprint density at radius 3 is 2.25 bits per heavy atom. The molecule has 3 aromatic rings. The van der Waals surface area contributed by atoms with Crippen LogP contribution in [0.5, 0.6) is 11.5 Å². The van der Waals surface area contributed by atoms with E-state index < -0.39 is 0 Å². The minimum atomic E-state index is -0.0379. The molecule has 4 heteroatoms. The predicted octanol–water partition coefficient (Wildman–Crippen LogP) is 4.69. The van der Waals surface area contributed by atoms with Gasteiger partial charge >= 0.3 is 0 Å². The monoisotopic (exact) mass is 375 g/mol. The fraction of sp³-hybridized carbons (Fsp3) is 0.208. The summed E-state index contributed by atoms with van der Waals surface area (Å²) in [6.07, 6.45) is 0.284. The van der Waals surface area contributed by atoms with Crippen molar-refractivity contribution in [2.45, 2.75) is 26.0 Å². The molecule has 28 heavy (non-hydrogen) atoms. The van der Waals surface area contributed by atoms with Gasteiger partial charge in [0.1, 0.15) is 6.61 Å². The van der Waals surface area contributed by atoms with Crippen LogP contribution >= 0.6 is 0 Å². The van der Waals surface area contributed by atoms with Crippen LogP contribution in [0.1, 0.15) is 29.7 Å². The molecule has 0 aliphatic heterocycles. The minimum Gasteiger partial charge on any atom is -0.493 e. The normalized spacial score (nSPS) is 11.5. The van der Waals surface area contributed by atoms with Crippen LogP contribution < -0.4 is 14.8 Å². The number of ether oxygens (including phenoxy) is 2. The van der Waals surface area contributed by atoms with Crippen LogP contribution in [0.3, 0.4) is 0 Å². The first-order chi connectivity index (χ1) is 13.7. The lowest BCUT2D eigenvalue weighted by Crippen LogP contribution is -2.28. The number of hydrogen-bond donors (Lipinski definition) is 1. The van der Waals surface area contributed by atoms with E-state index in [0.29, 0.717) is 18.1 Å². The van der Waals surface area contributed by atoms with Gasteiger partial charge in [-0.05, 0) is 35.7 Å². The highest BCUT2D eigenvalue weighted by Gasteiger charge is 2.12. The van der Waals surface area contributed by atoms with Crippen LogP contribution in [0.15, 0.2) is 78.9 Å². The van der Waals surface area contributed by atoms with E-state index in [1.165, 1.54) is 0 Å². The number of rotatable bonds is 8. The second kappa shape index (κ2) is 9.60. The number of hydrogen-bond acceptors (Lipinski definition) is 3. The topological polar surface area (TPSA) is 47.6 Å². The van der Waals surface area contributed by atoms with Gasteiger partial charge in [-0.15, -0.1) is 0 Å². The van der Waals surface area contributed by atoms with Gasteiger partial charge in [-0.3, -0.25) is 4.79 Å². The third-order valence-electron chi connectivity index (χ3n) is 4.51. The largest absolute Gasteiger partial charge is 0.493 e. The van der Waals surface area contributed by atoms with Gasteiger partial charge in [0.2, 0.25) is 5.91 Å². The summed E-state index contributed by atoms with van der Waals surface area (Å²) in [7, 11) is 1.60. The zero-order valence-corrected chi connectivity index (χ0v) is 16.2. The first-order valence-corrected chi connectivity index (χ1v) is 9.33. The summed E-state index contributed by atoms with van der Waals surface area (Å²) in [5.41, 5.74) is 3.04. The number of methoxy groups -OCH3 is 1. The molecule has 1 atom stereocenters. The van der Waals surface area contributed by atoms with Crippen molar-refractivity contribution in [2.24, 2.45) is 0 Å². The summed E-state index contributed by atoms with van der Waals surface area (Å²) in [6.45, 7) is 2.44. The molecule has 0 aliphatic rings. The zero-order chi connectivity index (χ0) is 19.8. The van der Waals surface area contributed by atoms with E-state index in [1.54, 1.807) is 7.11 Å². The lowest BCUT2D eigenvalue weighted by atomic mass is 10.1. The highest BCUT2D eigenvalue weighted by molar-refractivity contribution is 5.79. The highest BCUT2D eigenvalue weighted by Crippen LogP contribution is 2.29. The molecule has 1 unspecified atom stereocenters. The molecule has 4 nitrogen and oxygen atoms in total. The fourth-order valence-corrected chi connectivity index (χ4v) is 2.98. The van der Waals surface area contributed by atoms with Gasteiger partial charge in [-0.1, -0.05) is 66.7 Å². The van der Waals surface area contributed by atoms with Crippen molar-refractivity contribution in [1.82, 2.24) is 5.32 Å².